The molecule has 2 saturated heterocycles. The molecule has 5 amide bonds. The summed E-state index contributed by atoms with van der Waals surface area (Å²) in [4.78, 5) is 61.7. The molecule has 61 heavy (non-hydrogen) atoms. The van der Waals surface area contributed by atoms with E-state index in [4.69, 9.17) is 26.3 Å². The van der Waals surface area contributed by atoms with Crippen LogP contribution in [0.25, 0.3) is 10.9 Å². The molecule has 4 aromatic rings. The molecule has 3 aliphatic rings. The first-order chi connectivity index (χ1) is 29.4. The second-order valence-corrected chi connectivity index (χ2v) is 17.1. The van der Waals surface area contributed by atoms with Gasteiger partial charge in [-0.1, -0.05) is 11.6 Å². The van der Waals surface area contributed by atoms with Gasteiger partial charge in [0, 0.05) is 61.9 Å². The Morgan fingerprint density at radius 2 is 1.77 bits per heavy atom. The summed E-state index contributed by atoms with van der Waals surface area (Å²) in [7, 11) is 1.85. The zero-order chi connectivity index (χ0) is 43.0. The molecular formula is C46H55ClN8O6. The lowest BCUT2D eigenvalue weighted by atomic mass is 9.92. The van der Waals surface area contributed by atoms with Crippen molar-refractivity contribution in [2.75, 3.05) is 51.3 Å². The van der Waals surface area contributed by atoms with E-state index in [1.54, 1.807) is 52.4 Å². The normalized spacial score (nSPS) is 18.8. The van der Waals surface area contributed by atoms with Gasteiger partial charge in [-0.2, -0.15) is 5.26 Å². The zero-order valence-corrected chi connectivity index (χ0v) is 36.0. The maximum atomic E-state index is 13.9. The summed E-state index contributed by atoms with van der Waals surface area (Å²) in [6, 6.07) is 16.1. The van der Waals surface area contributed by atoms with Crippen LogP contribution in [0.1, 0.15) is 104 Å². The minimum absolute atomic E-state index is 0.0257. The lowest BCUT2D eigenvalue weighted by Gasteiger charge is -2.34. The Labute approximate surface area is 362 Å². The first-order valence-corrected chi connectivity index (χ1v) is 21.8. The number of fused-ring (bicyclic) bond motifs is 1. The molecule has 2 aromatic carbocycles. The van der Waals surface area contributed by atoms with E-state index in [1.165, 1.54) is 0 Å². The quantitative estimate of drug-likeness (QED) is 0.117. The van der Waals surface area contributed by atoms with Crippen molar-refractivity contribution in [2.45, 2.75) is 89.8 Å². The minimum Gasteiger partial charge on any atom is -0.492 e. The maximum absolute atomic E-state index is 13.9. The van der Waals surface area contributed by atoms with E-state index in [9.17, 15) is 19.2 Å². The number of pyridine rings is 1. The number of likely N-dealkylation sites (tertiary alicyclic amines) is 1. The molecule has 1 saturated carbocycles. The molecule has 1 aliphatic carbocycles. The number of nitriles is 1. The van der Waals surface area contributed by atoms with Crippen molar-refractivity contribution in [1.82, 2.24) is 30.0 Å². The largest absolute Gasteiger partial charge is 0.492 e. The van der Waals surface area contributed by atoms with Crippen LogP contribution >= 0.6 is 11.6 Å². The van der Waals surface area contributed by atoms with E-state index in [0.717, 1.165) is 81.9 Å². The van der Waals surface area contributed by atoms with Crippen molar-refractivity contribution in [3.63, 3.8) is 0 Å². The Morgan fingerprint density at radius 3 is 2.46 bits per heavy atom. The molecule has 15 heteroatoms. The lowest BCUT2D eigenvalue weighted by molar-refractivity contribution is -0.120. The Morgan fingerprint density at radius 1 is 1.00 bits per heavy atom. The number of imide groups is 1. The average Bonchev–Trinajstić information content (AvgIpc) is 3.69. The SMILES string of the molecule is CC(C)n1ccc2c(N3CCC(=O)NC3=O)cc(C(=O)N(C)CC3CCN(CCCCOc4ccc(C(=O)N[C@H]5CC[C@H](Oc6ccc(C#N)c(Cl)c6)CC5)nc4)CC3)cc21. The Bertz CT molecular complexity index is 2260. The Hall–Kier alpha value is -5.65. The van der Waals surface area contributed by atoms with Gasteiger partial charge in [0.05, 0.1) is 40.7 Å². The second kappa shape index (κ2) is 19.8. The number of aromatic nitrogens is 2. The highest BCUT2D eigenvalue weighted by molar-refractivity contribution is 6.31. The molecule has 4 heterocycles. The molecule has 3 fully saturated rings. The van der Waals surface area contributed by atoms with E-state index < -0.39 is 6.03 Å². The van der Waals surface area contributed by atoms with Crippen LogP contribution in [0.2, 0.25) is 5.02 Å². The minimum atomic E-state index is -0.468. The molecule has 2 aliphatic heterocycles. The van der Waals surface area contributed by atoms with Crippen LogP contribution < -0.4 is 25.0 Å². The summed E-state index contributed by atoms with van der Waals surface area (Å²) in [6.07, 6.45) is 10.9. The predicted molar refractivity (Wildman–Crippen MR) is 233 cm³/mol. The van der Waals surface area contributed by atoms with Crippen molar-refractivity contribution in [3.05, 3.63) is 82.8 Å². The van der Waals surface area contributed by atoms with Gasteiger partial charge in [-0.25, -0.2) is 9.78 Å². The third kappa shape index (κ3) is 10.8. The molecule has 7 rings (SSSR count). The number of unbranched alkanes of at least 4 members (excludes halogenated alkanes) is 1. The molecule has 0 spiro atoms. The summed E-state index contributed by atoms with van der Waals surface area (Å²) >= 11 is 6.14. The summed E-state index contributed by atoms with van der Waals surface area (Å²) in [5.41, 5.74) is 2.82. The Kier molecular flexibility index (Phi) is 14.1. The fourth-order valence-electron chi connectivity index (χ4n) is 8.58. The number of ether oxygens (including phenoxy) is 2. The number of halogens is 1. The summed E-state index contributed by atoms with van der Waals surface area (Å²) in [5, 5.41) is 15.8. The number of benzene rings is 2. The number of rotatable bonds is 15. The maximum Gasteiger partial charge on any atom is 0.328 e. The second-order valence-electron chi connectivity index (χ2n) is 16.7. The van der Waals surface area contributed by atoms with Crippen LogP contribution in [-0.2, 0) is 4.79 Å². The van der Waals surface area contributed by atoms with Crippen molar-refractivity contribution in [3.8, 4) is 17.6 Å². The van der Waals surface area contributed by atoms with Gasteiger partial charge in [-0.15, -0.1) is 0 Å². The molecule has 2 aromatic heterocycles. The number of anilines is 1. The third-order valence-corrected chi connectivity index (χ3v) is 12.3. The molecule has 14 nitrogen and oxygen atoms in total. The summed E-state index contributed by atoms with van der Waals surface area (Å²) < 4.78 is 14.1. The average molecular weight is 851 g/mol. The van der Waals surface area contributed by atoms with Crippen molar-refractivity contribution >= 4 is 51.9 Å². The lowest BCUT2D eigenvalue weighted by Crippen LogP contribution is -2.49. The number of urea groups is 1. The van der Waals surface area contributed by atoms with Crippen LogP contribution in [-0.4, -0.2) is 102 Å². The van der Waals surface area contributed by atoms with Gasteiger partial charge >= 0.3 is 6.03 Å². The van der Waals surface area contributed by atoms with Crippen LogP contribution in [0.3, 0.4) is 0 Å². The van der Waals surface area contributed by atoms with Crippen molar-refractivity contribution < 1.29 is 28.7 Å². The van der Waals surface area contributed by atoms with E-state index in [1.807, 2.05) is 25.4 Å². The van der Waals surface area contributed by atoms with Gasteiger partial charge in [-0.3, -0.25) is 24.6 Å². The fourth-order valence-corrected chi connectivity index (χ4v) is 8.79. The number of nitrogens with one attached hydrogen (secondary N) is 2. The topological polar surface area (TPSA) is 162 Å². The summed E-state index contributed by atoms with van der Waals surface area (Å²) in [6.45, 7) is 8.58. The van der Waals surface area contributed by atoms with Crippen LogP contribution in [0.4, 0.5) is 10.5 Å². The van der Waals surface area contributed by atoms with Gasteiger partial charge in [0.2, 0.25) is 5.91 Å². The molecule has 2 N–H and O–H groups in total. The van der Waals surface area contributed by atoms with E-state index in [-0.39, 0.29) is 48.9 Å². The number of hydrogen-bond acceptors (Lipinski definition) is 9. The standard InChI is InChI=1S/C46H55ClN8O6/c1-30(2)54-21-16-38-41(54)24-33(25-42(38)55-22-17-43(56)51-46(55)59)45(58)52(3)29-31-14-19-53(20-15-31)18-4-5-23-60-37-12-13-40(49-28-37)44(57)50-34-7-10-35(11-8-34)61-36-9-6-32(27-48)39(47)26-36/h6,9,12-13,16,21,24-26,28,30-31,34-35H,4-5,7-8,10-11,14-15,17-20,22-23,29H2,1-3H3,(H,50,57)(H,51,56,59)/t34-,35-. The smallest absolute Gasteiger partial charge is 0.328 e. The Balaban J connectivity index is 0.793. The zero-order valence-electron chi connectivity index (χ0n) is 35.2. The third-order valence-electron chi connectivity index (χ3n) is 12.0. The van der Waals surface area contributed by atoms with Crippen LogP contribution in [0, 0.1) is 17.2 Å². The van der Waals surface area contributed by atoms with Gasteiger partial charge < -0.3 is 29.2 Å². The fraction of sp³-hybridized carbons (Fsp3) is 0.478. The molecule has 0 unspecified atom stereocenters. The van der Waals surface area contributed by atoms with Crippen LogP contribution in [0.15, 0.2) is 60.9 Å². The summed E-state index contributed by atoms with van der Waals surface area (Å²) in [5.74, 6) is 1.09. The van der Waals surface area contributed by atoms with E-state index >= 15 is 0 Å². The van der Waals surface area contributed by atoms with Gasteiger partial charge in [0.25, 0.3) is 11.8 Å². The monoisotopic (exact) mass is 850 g/mol. The number of piperidine rings is 1. The molecule has 0 bridgehead atoms. The number of amides is 5. The van der Waals surface area contributed by atoms with Gasteiger partial charge in [-0.05, 0) is 133 Å². The number of carbonyl (C=O) groups excluding carboxylic acids is 4. The highest BCUT2D eigenvalue weighted by atomic mass is 35.5. The van der Waals surface area contributed by atoms with Crippen molar-refractivity contribution in [1.29, 1.82) is 5.26 Å². The number of hydrogen-bond donors (Lipinski definition) is 2. The number of carbonyl (C=O) groups is 4. The van der Waals surface area contributed by atoms with Crippen LogP contribution in [0.5, 0.6) is 11.5 Å². The van der Waals surface area contributed by atoms with E-state index in [2.05, 4.69) is 45.0 Å². The van der Waals surface area contributed by atoms with E-state index in [0.29, 0.717) is 58.1 Å². The molecule has 0 atom stereocenters. The highest BCUT2D eigenvalue weighted by Gasteiger charge is 2.29. The number of nitrogens with zero attached hydrogens (tertiary/aromatic N) is 6. The van der Waals surface area contributed by atoms with Crippen molar-refractivity contribution in [2.24, 2.45) is 5.92 Å². The molecular weight excluding hydrogens is 796 g/mol. The first-order valence-electron chi connectivity index (χ1n) is 21.5. The molecule has 0 radical (unpaired) electrons. The highest BCUT2D eigenvalue weighted by Crippen LogP contribution is 2.34. The van der Waals surface area contributed by atoms with Gasteiger partial charge in [0.1, 0.15) is 23.3 Å². The predicted octanol–water partition coefficient (Wildman–Crippen LogP) is 7.35. The van der Waals surface area contributed by atoms with Gasteiger partial charge in [0.15, 0.2) is 0 Å². The first kappa shape index (κ1) is 43.4. The molecule has 322 valence electrons.